The highest BCUT2D eigenvalue weighted by atomic mass is 32.1. The summed E-state index contributed by atoms with van der Waals surface area (Å²) in [7, 11) is 1.62. The molecule has 0 aliphatic rings. The predicted octanol–water partition coefficient (Wildman–Crippen LogP) is 3.70. The second kappa shape index (κ2) is 8.41. The number of hydrogen-bond acceptors (Lipinski definition) is 6. The summed E-state index contributed by atoms with van der Waals surface area (Å²) in [4.78, 5) is 27.0. The molecule has 1 N–H and O–H groups in total. The highest BCUT2D eigenvalue weighted by molar-refractivity contribution is 7.13. The van der Waals surface area contributed by atoms with E-state index in [1.807, 2.05) is 29.6 Å². The van der Waals surface area contributed by atoms with E-state index in [9.17, 15) is 14.9 Å². The van der Waals surface area contributed by atoms with Gasteiger partial charge >= 0.3 is 0 Å². The molecule has 2 aromatic carbocycles. The largest absolute Gasteiger partial charge is 0.497 e. The number of ether oxygens (including phenoxy) is 1. The van der Waals surface area contributed by atoms with Crippen LogP contribution in [-0.2, 0) is 6.42 Å². The van der Waals surface area contributed by atoms with Gasteiger partial charge in [0.15, 0.2) is 0 Å². The van der Waals surface area contributed by atoms with Crippen LogP contribution in [0.15, 0.2) is 53.9 Å². The maximum absolute atomic E-state index is 12.1. The predicted molar refractivity (Wildman–Crippen MR) is 103 cm³/mol. The molecule has 0 atom stereocenters. The van der Waals surface area contributed by atoms with Gasteiger partial charge in [-0.15, -0.1) is 11.3 Å². The molecular weight excluding hydrogens is 366 g/mol. The first-order valence-electron chi connectivity index (χ1n) is 8.18. The van der Waals surface area contributed by atoms with Gasteiger partial charge in [0.2, 0.25) is 0 Å². The van der Waals surface area contributed by atoms with E-state index in [-0.39, 0.29) is 17.2 Å². The molecule has 3 rings (SSSR count). The molecule has 0 bridgehead atoms. The van der Waals surface area contributed by atoms with Gasteiger partial charge in [0.25, 0.3) is 11.6 Å². The van der Waals surface area contributed by atoms with E-state index in [4.69, 9.17) is 4.74 Å². The molecular formula is C19H17N3O4S. The summed E-state index contributed by atoms with van der Waals surface area (Å²) >= 11 is 1.54. The smallest absolute Gasteiger partial charge is 0.270 e. The molecule has 1 amide bonds. The maximum Gasteiger partial charge on any atom is 0.270 e. The van der Waals surface area contributed by atoms with Crippen LogP contribution in [0, 0.1) is 10.1 Å². The number of methoxy groups -OCH3 is 1. The Morgan fingerprint density at radius 3 is 2.74 bits per heavy atom. The zero-order chi connectivity index (χ0) is 19.2. The number of carbonyl (C=O) groups excluding carboxylic acids is 1. The zero-order valence-corrected chi connectivity index (χ0v) is 15.4. The Morgan fingerprint density at radius 1 is 1.26 bits per heavy atom. The van der Waals surface area contributed by atoms with Crippen molar-refractivity contribution in [1.82, 2.24) is 10.3 Å². The third kappa shape index (κ3) is 4.68. The van der Waals surface area contributed by atoms with E-state index >= 15 is 0 Å². The van der Waals surface area contributed by atoms with Gasteiger partial charge < -0.3 is 10.1 Å². The highest BCUT2D eigenvalue weighted by Gasteiger charge is 2.11. The summed E-state index contributed by atoms with van der Waals surface area (Å²) in [6, 6.07) is 13.3. The van der Waals surface area contributed by atoms with Crippen molar-refractivity contribution in [3.63, 3.8) is 0 Å². The summed E-state index contributed by atoms with van der Waals surface area (Å²) in [5.74, 6) is 0.448. The van der Waals surface area contributed by atoms with Crippen molar-refractivity contribution in [2.24, 2.45) is 0 Å². The first-order valence-corrected chi connectivity index (χ1v) is 9.06. The summed E-state index contributed by atoms with van der Waals surface area (Å²) in [5, 5.41) is 16.4. The van der Waals surface area contributed by atoms with Gasteiger partial charge in [-0.25, -0.2) is 4.98 Å². The number of carbonyl (C=O) groups is 1. The number of nitro groups is 1. The third-order valence-electron chi connectivity index (χ3n) is 3.87. The number of rotatable bonds is 7. The van der Waals surface area contributed by atoms with Gasteiger partial charge in [-0.3, -0.25) is 14.9 Å². The van der Waals surface area contributed by atoms with Crippen LogP contribution in [0.3, 0.4) is 0 Å². The van der Waals surface area contributed by atoms with E-state index < -0.39 is 4.92 Å². The fraction of sp³-hybridized carbons (Fsp3) is 0.158. The molecule has 0 fully saturated rings. The molecule has 0 aliphatic heterocycles. The second-order valence-electron chi connectivity index (χ2n) is 5.69. The number of nitrogens with zero attached hydrogens (tertiary/aromatic N) is 2. The van der Waals surface area contributed by atoms with Crippen LogP contribution in [0.4, 0.5) is 5.69 Å². The first kappa shape index (κ1) is 18.5. The maximum atomic E-state index is 12.1. The highest BCUT2D eigenvalue weighted by Crippen LogP contribution is 2.25. The zero-order valence-electron chi connectivity index (χ0n) is 14.5. The van der Waals surface area contributed by atoms with E-state index in [1.54, 1.807) is 13.2 Å². The number of hydrogen-bond donors (Lipinski definition) is 1. The van der Waals surface area contributed by atoms with Gasteiger partial charge in [0.1, 0.15) is 10.8 Å². The normalized spacial score (nSPS) is 10.4. The summed E-state index contributed by atoms with van der Waals surface area (Å²) < 4.78 is 5.15. The van der Waals surface area contributed by atoms with Crippen LogP contribution in [-0.4, -0.2) is 29.5 Å². The Balaban J connectivity index is 1.56. The lowest BCUT2D eigenvalue weighted by molar-refractivity contribution is -0.384. The van der Waals surface area contributed by atoms with Gasteiger partial charge in [-0.05, 0) is 30.3 Å². The number of nitrogens with one attached hydrogen (secondary N) is 1. The molecule has 138 valence electrons. The van der Waals surface area contributed by atoms with Crippen LogP contribution in [0.2, 0.25) is 0 Å². The molecule has 1 aromatic heterocycles. The fourth-order valence-electron chi connectivity index (χ4n) is 2.45. The molecule has 0 spiro atoms. The number of benzene rings is 2. The Bertz CT molecular complexity index is 954. The Labute approximate surface area is 159 Å². The molecule has 1 heterocycles. The first-order chi connectivity index (χ1) is 13.1. The topological polar surface area (TPSA) is 94.4 Å². The minimum absolute atomic E-state index is 0.105. The number of thiazole rings is 1. The summed E-state index contributed by atoms with van der Waals surface area (Å²) in [5.41, 5.74) is 2.05. The molecule has 0 unspecified atom stereocenters. The minimum Gasteiger partial charge on any atom is -0.497 e. The van der Waals surface area contributed by atoms with Crippen LogP contribution in [0.1, 0.15) is 16.1 Å². The van der Waals surface area contributed by atoms with E-state index in [0.29, 0.717) is 13.0 Å². The van der Waals surface area contributed by atoms with Gasteiger partial charge in [-0.1, -0.05) is 6.07 Å². The van der Waals surface area contributed by atoms with Crippen molar-refractivity contribution in [3.8, 4) is 16.3 Å². The lowest BCUT2D eigenvalue weighted by Gasteiger charge is -2.04. The van der Waals surface area contributed by atoms with Gasteiger partial charge in [0, 0.05) is 41.6 Å². The number of nitro benzene ring substituents is 1. The SMILES string of the molecule is COc1ccc(-c2nc(CCNC(=O)c3cccc([N+](=O)[O-])c3)cs2)cc1. The van der Waals surface area contributed by atoms with Crippen LogP contribution in [0.25, 0.3) is 10.6 Å². The number of non-ortho nitro benzene ring substituents is 1. The minimum atomic E-state index is -0.521. The van der Waals surface area contributed by atoms with Crippen LogP contribution in [0.5, 0.6) is 5.75 Å². The Hall–Kier alpha value is -3.26. The van der Waals surface area contributed by atoms with Gasteiger partial charge in [0.05, 0.1) is 17.7 Å². The van der Waals surface area contributed by atoms with Crippen LogP contribution >= 0.6 is 11.3 Å². The van der Waals surface area contributed by atoms with Crippen molar-refractivity contribution < 1.29 is 14.5 Å². The monoisotopic (exact) mass is 383 g/mol. The van der Waals surface area contributed by atoms with Crippen molar-refractivity contribution in [2.45, 2.75) is 6.42 Å². The number of aromatic nitrogens is 1. The van der Waals surface area contributed by atoms with E-state index in [0.717, 1.165) is 22.0 Å². The Morgan fingerprint density at radius 2 is 2.04 bits per heavy atom. The average Bonchev–Trinajstić information content (AvgIpc) is 3.17. The molecule has 0 aliphatic carbocycles. The summed E-state index contributed by atoms with van der Waals surface area (Å²) in [6.45, 7) is 0.396. The second-order valence-corrected chi connectivity index (χ2v) is 6.54. The lowest BCUT2D eigenvalue weighted by atomic mass is 10.2. The van der Waals surface area contributed by atoms with E-state index in [1.165, 1.54) is 29.5 Å². The summed E-state index contributed by atoms with van der Waals surface area (Å²) in [6.07, 6.45) is 0.577. The van der Waals surface area contributed by atoms with Crippen LogP contribution < -0.4 is 10.1 Å². The Kier molecular flexibility index (Phi) is 5.77. The average molecular weight is 383 g/mol. The third-order valence-corrected chi connectivity index (χ3v) is 4.81. The number of amides is 1. The molecule has 0 saturated heterocycles. The molecule has 27 heavy (non-hydrogen) atoms. The van der Waals surface area contributed by atoms with Crippen molar-refractivity contribution in [2.75, 3.05) is 13.7 Å². The van der Waals surface area contributed by atoms with Crippen molar-refractivity contribution >= 4 is 22.9 Å². The quantitative estimate of drug-likeness (QED) is 0.496. The molecule has 0 radical (unpaired) electrons. The molecule has 8 heteroatoms. The standard InChI is InChI=1S/C19H17N3O4S/c1-26-17-7-5-13(6-8-17)19-21-15(12-27-19)9-10-20-18(23)14-3-2-4-16(11-14)22(24)25/h2-8,11-12H,9-10H2,1H3,(H,20,23). The van der Waals surface area contributed by atoms with Gasteiger partial charge in [-0.2, -0.15) is 0 Å². The van der Waals surface area contributed by atoms with E-state index in [2.05, 4.69) is 10.3 Å². The van der Waals surface area contributed by atoms with Crippen molar-refractivity contribution in [3.05, 3.63) is 75.3 Å². The molecule has 3 aromatic rings. The molecule has 0 saturated carbocycles. The van der Waals surface area contributed by atoms with Crippen molar-refractivity contribution in [1.29, 1.82) is 0 Å². The fourth-order valence-corrected chi connectivity index (χ4v) is 3.32. The lowest BCUT2D eigenvalue weighted by Crippen LogP contribution is -2.25. The molecule has 7 nitrogen and oxygen atoms in total.